The Morgan fingerprint density at radius 2 is 1.52 bits per heavy atom. The minimum absolute atomic E-state index is 0.0500. The summed E-state index contributed by atoms with van der Waals surface area (Å²) in [6, 6.07) is 19.2. The second kappa shape index (κ2) is 10.7. The average Bonchev–Trinajstić information content (AvgIpc) is 3.29. The molecular weight excluding hydrogens is 436 g/mol. The zero-order valence-corrected chi connectivity index (χ0v) is 19.2. The van der Waals surface area contributed by atoms with Crippen LogP contribution in [0.3, 0.4) is 0 Å². The number of rotatable bonds is 9. The molecule has 0 radical (unpaired) electrons. The number of carbonyl (C=O) groups excluding carboxylic acids is 1. The van der Waals surface area contributed by atoms with Gasteiger partial charge in [-0.05, 0) is 60.7 Å². The molecule has 1 amide bonds. The third kappa shape index (κ3) is 5.72. The van der Waals surface area contributed by atoms with Crippen LogP contribution in [0.5, 0.6) is 11.5 Å². The first-order valence-corrected chi connectivity index (χ1v) is 11.4. The van der Waals surface area contributed by atoms with E-state index in [1.165, 1.54) is 11.8 Å². The van der Waals surface area contributed by atoms with Gasteiger partial charge in [0.15, 0.2) is 5.16 Å². The van der Waals surface area contributed by atoms with Crippen LogP contribution in [0.2, 0.25) is 0 Å². The van der Waals surface area contributed by atoms with Crippen molar-refractivity contribution in [3.63, 3.8) is 0 Å². The van der Waals surface area contributed by atoms with E-state index in [4.69, 9.17) is 14.5 Å². The molecule has 2 N–H and O–H groups in total. The Balaban J connectivity index is 1.51. The summed E-state index contributed by atoms with van der Waals surface area (Å²) in [5.74, 6) is 2.12. The number of aromatic amines is 1. The molecule has 0 bridgehead atoms. The van der Waals surface area contributed by atoms with Crippen LogP contribution in [0, 0.1) is 0 Å². The lowest BCUT2D eigenvalue weighted by atomic mass is 10.0. The Morgan fingerprint density at radius 1 is 0.909 bits per heavy atom. The Hall–Kier alpha value is -3.78. The number of pyridine rings is 1. The smallest absolute Gasteiger partial charge is 0.225 e. The SMILES string of the molecule is COc1ccc(-c2nc(SCCC(=O)Nc3ccncc3)[nH]c2-c2ccc(OC)cc2)cc1. The number of anilines is 1. The summed E-state index contributed by atoms with van der Waals surface area (Å²) in [6.45, 7) is 0. The van der Waals surface area contributed by atoms with E-state index < -0.39 is 0 Å². The lowest BCUT2D eigenvalue weighted by Crippen LogP contribution is -2.12. The first-order valence-electron chi connectivity index (χ1n) is 10.4. The predicted molar refractivity (Wildman–Crippen MR) is 131 cm³/mol. The number of benzene rings is 2. The van der Waals surface area contributed by atoms with Crippen molar-refractivity contribution >= 4 is 23.4 Å². The minimum atomic E-state index is -0.0500. The molecule has 0 aliphatic heterocycles. The molecule has 0 saturated carbocycles. The molecule has 0 atom stereocenters. The van der Waals surface area contributed by atoms with Crippen molar-refractivity contribution < 1.29 is 14.3 Å². The molecule has 4 aromatic rings. The highest BCUT2D eigenvalue weighted by molar-refractivity contribution is 7.99. The van der Waals surface area contributed by atoms with E-state index in [-0.39, 0.29) is 5.91 Å². The van der Waals surface area contributed by atoms with Crippen LogP contribution < -0.4 is 14.8 Å². The van der Waals surface area contributed by atoms with Gasteiger partial charge in [-0.1, -0.05) is 11.8 Å². The fourth-order valence-corrected chi connectivity index (χ4v) is 4.05. The van der Waals surface area contributed by atoms with E-state index in [2.05, 4.69) is 15.3 Å². The number of methoxy groups -OCH3 is 2. The highest BCUT2D eigenvalue weighted by Gasteiger charge is 2.15. The van der Waals surface area contributed by atoms with Crippen LogP contribution in [0.4, 0.5) is 5.69 Å². The van der Waals surface area contributed by atoms with Gasteiger partial charge in [-0.2, -0.15) is 0 Å². The van der Waals surface area contributed by atoms with Gasteiger partial charge in [0.2, 0.25) is 5.91 Å². The highest BCUT2D eigenvalue weighted by Crippen LogP contribution is 2.34. The lowest BCUT2D eigenvalue weighted by Gasteiger charge is -2.06. The number of H-pyrrole nitrogens is 1. The molecule has 2 aromatic heterocycles. The topological polar surface area (TPSA) is 89.1 Å². The number of nitrogens with zero attached hydrogens (tertiary/aromatic N) is 2. The van der Waals surface area contributed by atoms with Gasteiger partial charge in [-0.25, -0.2) is 4.98 Å². The molecule has 0 fully saturated rings. The molecule has 2 aromatic carbocycles. The molecule has 4 rings (SSSR count). The van der Waals surface area contributed by atoms with Crippen LogP contribution >= 0.6 is 11.8 Å². The lowest BCUT2D eigenvalue weighted by molar-refractivity contribution is -0.115. The van der Waals surface area contributed by atoms with E-state index in [0.29, 0.717) is 12.2 Å². The Bertz CT molecular complexity index is 1130. The van der Waals surface area contributed by atoms with Gasteiger partial charge in [0.05, 0.1) is 25.6 Å². The van der Waals surface area contributed by atoms with Gasteiger partial charge < -0.3 is 19.8 Å². The Kier molecular flexibility index (Phi) is 7.26. The zero-order valence-electron chi connectivity index (χ0n) is 18.4. The molecule has 33 heavy (non-hydrogen) atoms. The van der Waals surface area contributed by atoms with Crippen molar-refractivity contribution in [3.05, 3.63) is 73.1 Å². The van der Waals surface area contributed by atoms with Crippen molar-refractivity contribution in [1.29, 1.82) is 0 Å². The molecule has 0 aliphatic rings. The number of aromatic nitrogens is 3. The van der Waals surface area contributed by atoms with Crippen molar-refractivity contribution in [2.45, 2.75) is 11.6 Å². The highest BCUT2D eigenvalue weighted by atomic mass is 32.2. The molecule has 0 unspecified atom stereocenters. The summed E-state index contributed by atoms with van der Waals surface area (Å²) < 4.78 is 10.6. The minimum Gasteiger partial charge on any atom is -0.497 e. The van der Waals surface area contributed by atoms with Gasteiger partial charge in [-0.15, -0.1) is 0 Å². The van der Waals surface area contributed by atoms with Crippen molar-refractivity contribution in [1.82, 2.24) is 15.0 Å². The van der Waals surface area contributed by atoms with Crippen LogP contribution in [-0.4, -0.2) is 40.8 Å². The summed E-state index contributed by atoms with van der Waals surface area (Å²) in [6.07, 6.45) is 3.66. The summed E-state index contributed by atoms with van der Waals surface area (Å²) in [7, 11) is 3.29. The van der Waals surface area contributed by atoms with Crippen LogP contribution in [0.15, 0.2) is 78.2 Å². The number of nitrogens with one attached hydrogen (secondary N) is 2. The molecule has 0 saturated heterocycles. The first-order chi connectivity index (χ1) is 16.2. The van der Waals surface area contributed by atoms with Crippen molar-refractivity contribution in [2.75, 3.05) is 25.3 Å². The summed E-state index contributed by atoms with van der Waals surface area (Å²) in [5.41, 5.74) is 4.45. The molecule has 8 heteroatoms. The Labute approximate surface area is 196 Å². The zero-order chi connectivity index (χ0) is 23.0. The maximum atomic E-state index is 12.2. The van der Waals surface area contributed by atoms with E-state index in [1.54, 1.807) is 38.7 Å². The van der Waals surface area contributed by atoms with Crippen molar-refractivity contribution in [3.8, 4) is 34.0 Å². The molecule has 2 heterocycles. The second-order valence-electron chi connectivity index (χ2n) is 7.11. The number of imidazole rings is 1. The summed E-state index contributed by atoms with van der Waals surface area (Å²) in [5, 5.41) is 3.62. The van der Waals surface area contributed by atoms with E-state index in [0.717, 1.165) is 44.9 Å². The largest absolute Gasteiger partial charge is 0.497 e. The fourth-order valence-electron chi connectivity index (χ4n) is 3.24. The third-order valence-electron chi connectivity index (χ3n) is 4.96. The number of carbonyl (C=O) groups is 1. The monoisotopic (exact) mass is 460 g/mol. The quantitative estimate of drug-likeness (QED) is 0.331. The second-order valence-corrected chi connectivity index (χ2v) is 8.19. The number of ether oxygens (including phenoxy) is 2. The molecule has 168 valence electrons. The first kappa shape index (κ1) is 22.4. The standard InChI is InChI=1S/C25H24N4O3S/c1-31-20-7-3-17(4-8-20)23-24(18-5-9-21(32-2)10-6-18)29-25(28-23)33-16-13-22(30)27-19-11-14-26-15-12-19/h3-12,14-15H,13,16H2,1-2H3,(H,28,29)(H,26,27,30). The van der Waals surface area contributed by atoms with Crippen LogP contribution in [-0.2, 0) is 4.79 Å². The van der Waals surface area contributed by atoms with Crippen molar-refractivity contribution in [2.24, 2.45) is 0 Å². The number of amides is 1. The van der Waals surface area contributed by atoms with Gasteiger partial charge in [0, 0.05) is 41.4 Å². The number of thioether (sulfide) groups is 1. The average molecular weight is 461 g/mol. The third-order valence-corrected chi connectivity index (χ3v) is 5.83. The summed E-state index contributed by atoms with van der Waals surface area (Å²) >= 11 is 1.51. The maximum Gasteiger partial charge on any atom is 0.225 e. The van der Waals surface area contributed by atoms with E-state index in [1.807, 2.05) is 48.5 Å². The number of hydrogen-bond acceptors (Lipinski definition) is 6. The van der Waals surface area contributed by atoms with Gasteiger partial charge >= 0.3 is 0 Å². The van der Waals surface area contributed by atoms with Gasteiger partial charge in [0.25, 0.3) is 0 Å². The number of hydrogen-bond donors (Lipinski definition) is 2. The van der Waals surface area contributed by atoms with E-state index in [9.17, 15) is 4.79 Å². The molecule has 7 nitrogen and oxygen atoms in total. The van der Waals surface area contributed by atoms with Gasteiger partial charge in [0.1, 0.15) is 11.5 Å². The maximum absolute atomic E-state index is 12.2. The molecule has 0 aliphatic carbocycles. The van der Waals surface area contributed by atoms with Crippen LogP contribution in [0.1, 0.15) is 6.42 Å². The normalized spacial score (nSPS) is 10.6. The Morgan fingerprint density at radius 3 is 2.12 bits per heavy atom. The van der Waals surface area contributed by atoms with Crippen LogP contribution in [0.25, 0.3) is 22.5 Å². The predicted octanol–water partition coefficient (Wildman–Crippen LogP) is 5.28. The van der Waals surface area contributed by atoms with Gasteiger partial charge in [-0.3, -0.25) is 9.78 Å². The summed E-state index contributed by atoms with van der Waals surface area (Å²) in [4.78, 5) is 24.4. The van der Waals surface area contributed by atoms with E-state index >= 15 is 0 Å². The molecular formula is C25H24N4O3S. The fraction of sp³-hybridized carbons (Fsp3) is 0.160. The molecule has 0 spiro atoms.